The largest absolute Gasteiger partial charge is 0.477 e. The third-order valence-corrected chi connectivity index (χ3v) is 4.12. The molecule has 0 spiro atoms. The van der Waals surface area contributed by atoms with E-state index in [1.165, 1.54) is 18.2 Å². The zero-order valence-electron chi connectivity index (χ0n) is 13.0. The van der Waals surface area contributed by atoms with Crippen molar-refractivity contribution in [1.82, 2.24) is 0 Å². The number of hydrogen-bond donors (Lipinski definition) is 1. The van der Waals surface area contributed by atoms with Crippen LogP contribution in [0.25, 0.3) is 0 Å². The molecule has 0 saturated heterocycles. The number of carboxylic acids is 1. The Labute approximate surface area is 143 Å². The number of nitriles is 1. The molecule has 2 aromatic rings. The van der Waals surface area contributed by atoms with Crippen molar-refractivity contribution in [1.29, 1.82) is 5.26 Å². The van der Waals surface area contributed by atoms with Crippen LogP contribution in [0.4, 0.5) is 11.4 Å². The molecule has 0 aliphatic carbocycles. The van der Waals surface area contributed by atoms with Gasteiger partial charge in [-0.15, -0.1) is 0 Å². The normalized spacial score (nSPS) is 16.2. The van der Waals surface area contributed by atoms with Crippen LogP contribution in [0.2, 0.25) is 0 Å². The first-order chi connectivity index (χ1) is 12.0. The highest BCUT2D eigenvalue weighted by molar-refractivity contribution is 5.93. The van der Waals surface area contributed by atoms with Gasteiger partial charge in [-0.05, 0) is 17.7 Å². The number of anilines is 1. The lowest BCUT2D eigenvalue weighted by molar-refractivity contribution is -0.385. The van der Waals surface area contributed by atoms with Gasteiger partial charge in [-0.25, -0.2) is 4.79 Å². The van der Waals surface area contributed by atoms with Crippen LogP contribution in [0.1, 0.15) is 21.8 Å². The van der Waals surface area contributed by atoms with Gasteiger partial charge in [0.05, 0.1) is 16.6 Å². The summed E-state index contributed by atoms with van der Waals surface area (Å²) in [5.74, 6) is -1.49. The Hall–Kier alpha value is -3.66. The summed E-state index contributed by atoms with van der Waals surface area (Å²) in [7, 11) is 0. The highest BCUT2D eigenvalue weighted by atomic mass is 16.6. The second-order valence-electron chi connectivity index (χ2n) is 5.58. The molecule has 0 radical (unpaired) electrons. The fourth-order valence-electron chi connectivity index (χ4n) is 2.89. The minimum absolute atomic E-state index is 0.135. The standard InChI is InChI=1S/C18H13N3O4/c19-9-13-10-20(11-16(13)12-4-2-1-3-5-12)14-6-7-15(18(22)23)17(8-14)21(24)25/h1-8,10,16H,11H2,(H,22,23). The van der Waals surface area contributed by atoms with E-state index < -0.39 is 16.6 Å². The van der Waals surface area contributed by atoms with Crippen molar-refractivity contribution >= 4 is 17.3 Å². The summed E-state index contributed by atoms with van der Waals surface area (Å²) < 4.78 is 0. The average molecular weight is 335 g/mol. The summed E-state index contributed by atoms with van der Waals surface area (Å²) in [6.07, 6.45) is 1.65. The SMILES string of the molecule is N#CC1=CN(c2ccc(C(=O)O)c([N+](=O)[O-])c2)CC1c1ccccc1. The van der Waals surface area contributed by atoms with E-state index in [0.717, 1.165) is 5.56 Å². The van der Waals surface area contributed by atoms with Crippen LogP contribution in [0.15, 0.2) is 60.3 Å². The van der Waals surface area contributed by atoms with Crippen LogP contribution < -0.4 is 4.90 Å². The van der Waals surface area contributed by atoms with Gasteiger partial charge in [-0.3, -0.25) is 10.1 Å². The lowest BCUT2D eigenvalue weighted by Crippen LogP contribution is -2.17. The summed E-state index contributed by atoms with van der Waals surface area (Å²) in [4.78, 5) is 23.3. The molecule has 1 aliphatic heterocycles. The Balaban J connectivity index is 1.97. The third-order valence-electron chi connectivity index (χ3n) is 4.12. The van der Waals surface area contributed by atoms with E-state index in [4.69, 9.17) is 5.11 Å². The Kier molecular flexibility index (Phi) is 4.18. The number of carbonyl (C=O) groups is 1. The van der Waals surface area contributed by atoms with Crippen molar-refractivity contribution in [3.05, 3.63) is 81.5 Å². The van der Waals surface area contributed by atoms with Crippen molar-refractivity contribution in [2.45, 2.75) is 5.92 Å². The minimum Gasteiger partial charge on any atom is -0.477 e. The number of nitro groups is 1. The van der Waals surface area contributed by atoms with Gasteiger partial charge >= 0.3 is 5.97 Å². The monoisotopic (exact) mass is 335 g/mol. The molecule has 1 atom stereocenters. The van der Waals surface area contributed by atoms with E-state index in [2.05, 4.69) is 6.07 Å². The summed E-state index contributed by atoms with van der Waals surface area (Å²) in [6.45, 7) is 0.455. The van der Waals surface area contributed by atoms with Crippen molar-refractivity contribution in [2.24, 2.45) is 0 Å². The Bertz CT molecular complexity index is 916. The molecule has 3 rings (SSSR count). The molecule has 1 unspecified atom stereocenters. The molecule has 1 aliphatic rings. The highest BCUT2D eigenvalue weighted by Crippen LogP contribution is 2.35. The second-order valence-corrected chi connectivity index (χ2v) is 5.58. The van der Waals surface area contributed by atoms with E-state index in [0.29, 0.717) is 17.8 Å². The zero-order chi connectivity index (χ0) is 18.0. The van der Waals surface area contributed by atoms with Gasteiger partial charge in [-0.2, -0.15) is 5.26 Å². The lowest BCUT2D eigenvalue weighted by Gasteiger charge is -2.18. The summed E-state index contributed by atoms with van der Waals surface area (Å²) in [5.41, 5.74) is 1.17. The molecule has 1 N–H and O–H groups in total. The van der Waals surface area contributed by atoms with Crippen molar-refractivity contribution in [3.8, 4) is 6.07 Å². The van der Waals surface area contributed by atoms with E-state index in [1.54, 1.807) is 11.1 Å². The zero-order valence-corrected chi connectivity index (χ0v) is 13.0. The first-order valence-corrected chi connectivity index (χ1v) is 7.46. The van der Waals surface area contributed by atoms with Crippen molar-refractivity contribution in [3.63, 3.8) is 0 Å². The van der Waals surface area contributed by atoms with Crippen LogP contribution in [-0.2, 0) is 0 Å². The van der Waals surface area contributed by atoms with Crippen molar-refractivity contribution < 1.29 is 14.8 Å². The maximum absolute atomic E-state index is 11.2. The van der Waals surface area contributed by atoms with E-state index >= 15 is 0 Å². The predicted molar refractivity (Wildman–Crippen MR) is 90.3 cm³/mol. The fraction of sp³-hybridized carbons (Fsp3) is 0.111. The lowest BCUT2D eigenvalue weighted by atomic mass is 9.94. The van der Waals surface area contributed by atoms with Gasteiger partial charge < -0.3 is 10.0 Å². The van der Waals surface area contributed by atoms with E-state index in [9.17, 15) is 20.2 Å². The molecule has 0 saturated carbocycles. The van der Waals surface area contributed by atoms with Gasteiger partial charge in [0.1, 0.15) is 5.56 Å². The van der Waals surface area contributed by atoms with Crippen molar-refractivity contribution in [2.75, 3.05) is 11.4 Å². The van der Waals surface area contributed by atoms with Crippen LogP contribution in [0.3, 0.4) is 0 Å². The molecule has 7 heteroatoms. The van der Waals surface area contributed by atoms with Crippen LogP contribution in [-0.4, -0.2) is 22.5 Å². The highest BCUT2D eigenvalue weighted by Gasteiger charge is 2.28. The number of rotatable bonds is 4. The molecule has 0 bridgehead atoms. The van der Waals surface area contributed by atoms with Gasteiger partial charge in [0, 0.05) is 30.4 Å². The minimum atomic E-state index is -1.35. The number of nitro benzene ring substituents is 1. The molecule has 25 heavy (non-hydrogen) atoms. The van der Waals surface area contributed by atoms with Gasteiger partial charge in [0.15, 0.2) is 0 Å². The Morgan fingerprint density at radius 2 is 2.00 bits per heavy atom. The number of nitrogens with zero attached hydrogens (tertiary/aromatic N) is 3. The number of aromatic carboxylic acids is 1. The Morgan fingerprint density at radius 1 is 1.28 bits per heavy atom. The maximum atomic E-state index is 11.2. The average Bonchev–Trinajstić information content (AvgIpc) is 3.06. The van der Waals surface area contributed by atoms with Crippen LogP contribution >= 0.6 is 0 Å². The molecular weight excluding hydrogens is 322 g/mol. The number of hydrogen-bond acceptors (Lipinski definition) is 5. The van der Waals surface area contributed by atoms with E-state index in [-0.39, 0.29) is 11.5 Å². The molecule has 0 fully saturated rings. The third kappa shape index (κ3) is 3.05. The summed E-state index contributed by atoms with van der Waals surface area (Å²) in [6, 6.07) is 15.6. The smallest absolute Gasteiger partial charge is 0.342 e. The fourth-order valence-corrected chi connectivity index (χ4v) is 2.89. The molecule has 0 aromatic heterocycles. The van der Waals surface area contributed by atoms with Gasteiger partial charge in [0.2, 0.25) is 0 Å². The molecule has 7 nitrogen and oxygen atoms in total. The number of benzene rings is 2. The summed E-state index contributed by atoms with van der Waals surface area (Å²) >= 11 is 0. The maximum Gasteiger partial charge on any atom is 0.342 e. The summed E-state index contributed by atoms with van der Waals surface area (Å²) in [5, 5.41) is 29.6. The topological polar surface area (TPSA) is 107 Å². The molecule has 1 heterocycles. The molecular formula is C18H13N3O4. The first kappa shape index (κ1) is 16.2. The molecule has 2 aromatic carbocycles. The quantitative estimate of drug-likeness (QED) is 0.678. The first-order valence-electron chi connectivity index (χ1n) is 7.46. The second kappa shape index (κ2) is 6.45. The van der Waals surface area contributed by atoms with Gasteiger partial charge in [0.25, 0.3) is 5.69 Å². The van der Waals surface area contributed by atoms with E-state index in [1.807, 2.05) is 30.3 Å². The Morgan fingerprint density at radius 3 is 2.60 bits per heavy atom. The predicted octanol–water partition coefficient (Wildman–Crippen LogP) is 3.30. The van der Waals surface area contributed by atoms with Crippen LogP contribution in [0.5, 0.6) is 0 Å². The van der Waals surface area contributed by atoms with Crippen LogP contribution in [0, 0.1) is 21.4 Å². The molecule has 0 amide bonds. The van der Waals surface area contributed by atoms with Gasteiger partial charge in [-0.1, -0.05) is 30.3 Å². The molecule has 124 valence electrons. The number of carboxylic acid groups (broad SMARTS) is 1.